The molecular weight excluding hydrogens is 411 g/mol. The molecule has 0 spiro atoms. The van der Waals surface area contributed by atoms with Gasteiger partial charge in [-0.05, 0) is 48.9 Å². The largest absolute Gasteiger partial charge is 0.370 e. The van der Waals surface area contributed by atoms with Crippen LogP contribution in [0.1, 0.15) is 36.2 Å². The number of hydrogen-bond acceptors (Lipinski definition) is 2. The number of aromatic nitrogens is 1. The summed E-state index contributed by atoms with van der Waals surface area (Å²) in [6, 6.07) is 10.5. The molecule has 0 bridgehead atoms. The Bertz CT molecular complexity index is 643. The van der Waals surface area contributed by atoms with Gasteiger partial charge in [0.2, 0.25) is 0 Å². The van der Waals surface area contributed by atoms with Crippen LogP contribution in [0.3, 0.4) is 0 Å². The molecule has 4 nitrogen and oxygen atoms in total. The molecule has 3 N–H and O–H groups in total. The van der Waals surface area contributed by atoms with E-state index in [2.05, 4.69) is 53.4 Å². The molecule has 0 unspecified atom stereocenters. The zero-order chi connectivity index (χ0) is 16.7. The first-order chi connectivity index (χ1) is 11.1. The van der Waals surface area contributed by atoms with Crippen LogP contribution in [0, 0.1) is 6.92 Å². The third kappa shape index (κ3) is 5.78. The van der Waals surface area contributed by atoms with Crippen molar-refractivity contribution in [2.75, 3.05) is 11.9 Å². The van der Waals surface area contributed by atoms with Gasteiger partial charge in [0.15, 0.2) is 5.96 Å². The van der Waals surface area contributed by atoms with Gasteiger partial charge in [-0.15, -0.1) is 24.0 Å². The maximum Gasteiger partial charge on any atom is 0.193 e. The monoisotopic (exact) mass is 438 g/mol. The Hall–Kier alpha value is -1.63. The molecule has 130 valence electrons. The first-order valence-corrected chi connectivity index (χ1v) is 8.23. The van der Waals surface area contributed by atoms with Gasteiger partial charge in [-0.3, -0.25) is 9.98 Å². The van der Waals surface area contributed by atoms with Crippen LogP contribution in [0.5, 0.6) is 0 Å². The average Bonchev–Trinajstić information content (AvgIpc) is 2.57. The summed E-state index contributed by atoms with van der Waals surface area (Å²) >= 11 is 0. The van der Waals surface area contributed by atoms with Crippen molar-refractivity contribution in [3.8, 4) is 0 Å². The second-order valence-electron chi connectivity index (χ2n) is 5.61. The van der Waals surface area contributed by atoms with Gasteiger partial charge in [0.25, 0.3) is 0 Å². The number of nitrogens with zero attached hydrogens (tertiary/aromatic N) is 2. The number of nitrogens with two attached hydrogens (primary N) is 1. The Morgan fingerprint density at radius 1 is 1.12 bits per heavy atom. The summed E-state index contributed by atoms with van der Waals surface area (Å²) < 4.78 is 0. The third-order valence-corrected chi connectivity index (χ3v) is 3.91. The van der Waals surface area contributed by atoms with Crippen LogP contribution >= 0.6 is 24.0 Å². The molecule has 2 aromatic rings. The third-order valence-electron chi connectivity index (χ3n) is 3.91. The number of aliphatic imine (C=N–C) groups is 1. The van der Waals surface area contributed by atoms with Crippen molar-refractivity contribution >= 4 is 35.6 Å². The van der Waals surface area contributed by atoms with Crippen molar-refractivity contribution in [2.45, 2.75) is 40.0 Å². The summed E-state index contributed by atoms with van der Waals surface area (Å²) in [6.07, 6.45) is 4.68. The number of hydrogen-bond donors (Lipinski definition) is 2. The molecule has 0 aliphatic heterocycles. The Kier molecular flexibility index (Phi) is 8.74. The van der Waals surface area contributed by atoms with Crippen LogP contribution in [0.15, 0.2) is 41.5 Å². The average molecular weight is 438 g/mol. The van der Waals surface area contributed by atoms with E-state index >= 15 is 0 Å². The molecule has 0 atom stereocenters. The number of para-hydroxylation sites is 1. The fraction of sp³-hybridized carbons (Fsp3) is 0.368. The lowest BCUT2D eigenvalue weighted by atomic mass is 10.0. The standard InChI is InChI=1S/C19H26N4.HI/c1-4-16-7-6-8-17(5-2)18(16)23-19(20)21-12-11-15-10-9-14(3)22-13-15;/h6-10,13H,4-5,11-12H2,1-3H3,(H3,20,21,23);1H. The molecule has 0 radical (unpaired) electrons. The van der Waals surface area contributed by atoms with Crippen molar-refractivity contribution in [3.63, 3.8) is 0 Å². The highest BCUT2D eigenvalue weighted by Crippen LogP contribution is 2.22. The van der Waals surface area contributed by atoms with E-state index in [-0.39, 0.29) is 24.0 Å². The normalized spacial score (nSPS) is 11.0. The molecule has 0 fully saturated rings. The zero-order valence-electron chi connectivity index (χ0n) is 14.7. The number of pyridine rings is 1. The van der Waals surface area contributed by atoms with Gasteiger partial charge < -0.3 is 11.1 Å². The smallest absolute Gasteiger partial charge is 0.193 e. The maximum atomic E-state index is 6.06. The summed E-state index contributed by atoms with van der Waals surface area (Å²) in [7, 11) is 0. The summed E-state index contributed by atoms with van der Waals surface area (Å²) in [5.74, 6) is 0.473. The van der Waals surface area contributed by atoms with Crippen LogP contribution in [0.2, 0.25) is 0 Å². The van der Waals surface area contributed by atoms with Crippen molar-refractivity contribution < 1.29 is 0 Å². The lowest BCUT2D eigenvalue weighted by Gasteiger charge is -2.14. The molecule has 2 rings (SSSR count). The maximum absolute atomic E-state index is 6.06. The Labute approximate surface area is 162 Å². The summed E-state index contributed by atoms with van der Waals surface area (Å²) in [5.41, 5.74) is 11.9. The summed E-state index contributed by atoms with van der Waals surface area (Å²) in [5, 5.41) is 3.29. The van der Waals surface area contributed by atoms with Crippen molar-refractivity contribution in [1.29, 1.82) is 0 Å². The topological polar surface area (TPSA) is 63.3 Å². The van der Waals surface area contributed by atoms with E-state index in [1.807, 2.05) is 19.2 Å². The molecular formula is C19H27IN4. The molecule has 1 aromatic heterocycles. The second kappa shape index (κ2) is 10.3. The van der Waals surface area contributed by atoms with E-state index < -0.39 is 0 Å². The van der Waals surface area contributed by atoms with Gasteiger partial charge in [0.1, 0.15) is 0 Å². The first-order valence-electron chi connectivity index (χ1n) is 8.23. The molecule has 0 saturated heterocycles. The van der Waals surface area contributed by atoms with Gasteiger partial charge in [-0.25, -0.2) is 0 Å². The van der Waals surface area contributed by atoms with E-state index in [9.17, 15) is 0 Å². The van der Waals surface area contributed by atoms with Gasteiger partial charge in [0, 0.05) is 24.1 Å². The van der Waals surface area contributed by atoms with E-state index in [1.54, 1.807) is 0 Å². The van der Waals surface area contributed by atoms with Gasteiger partial charge >= 0.3 is 0 Å². The summed E-state index contributed by atoms with van der Waals surface area (Å²) in [4.78, 5) is 8.74. The van der Waals surface area contributed by atoms with Crippen LogP contribution in [-0.4, -0.2) is 17.5 Å². The van der Waals surface area contributed by atoms with E-state index in [1.165, 1.54) is 16.7 Å². The molecule has 1 aromatic carbocycles. The fourth-order valence-electron chi connectivity index (χ4n) is 2.52. The number of rotatable bonds is 6. The van der Waals surface area contributed by atoms with Gasteiger partial charge in [0.05, 0.1) is 0 Å². The quantitative estimate of drug-likeness (QED) is 0.406. The highest BCUT2D eigenvalue weighted by molar-refractivity contribution is 14.0. The van der Waals surface area contributed by atoms with E-state index in [0.29, 0.717) is 12.5 Å². The lowest BCUT2D eigenvalue weighted by molar-refractivity contribution is 0.950. The fourth-order valence-corrected chi connectivity index (χ4v) is 2.52. The minimum atomic E-state index is 0. The minimum Gasteiger partial charge on any atom is -0.370 e. The number of guanidine groups is 1. The Balaban J connectivity index is 0.00000288. The Morgan fingerprint density at radius 2 is 1.79 bits per heavy atom. The number of benzene rings is 1. The number of aryl methyl sites for hydroxylation is 3. The van der Waals surface area contributed by atoms with Gasteiger partial charge in [-0.1, -0.05) is 38.1 Å². The van der Waals surface area contributed by atoms with Crippen molar-refractivity contribution in [2.24, 2.45) is 10.7 Å². The predicted molar refractivity (Wildman–Crippen MR) is 113 cm³/mol. The number of anilines is 1. The van der Waals surface area contributed by atoms with Crippen molar-refractivity contribution in [1.82, 2.24) is 4.98 Å². The summed E-state index contributed by atoms with van der Waals surface area (Å²) in [6.45, 7) is 6.94. The molecule has 5 heteroatoms. The molecule has 0 amide bonds. The molecule has 0 saturated carbocycles. The second-order valence-corrected chi connectivity index (χ2v) is 5.61. The van der Waals surface area contributed by atoms with Crippen LogP contribution in [0.4, 0.5) is 5.69 Å². The van der Waals surface area contributed by atoms with E-state index in [0.717, 1.165) is 30.6 Å². The zero-order valence-corrected chi connectivity index (χ0v) is 17.0. The number of halogens is 1. The lowest BCUT2D eigenvalue weighted by Crippen LogP contribution is -2.24. The molecule has 0 aliphatic carbocycles. The Morgan fingerprint density at radius 3 is 2.33 bits per heavy atom. The van der Waals surface area contributed by atoms with E-state index in [4.69, 9.17) is 5.73 Å². The van der Waals surface area contributed by atoms with Crippen molar-refractivity contribution in [3.05, 3.63) is 58.9 Å². The highest BCUT2D eigenvalue weighted by Gasteiger charge is 2.06. The highest BCUT2D eigenvalue weighted by atomic mass is 127. The molecule has 1 heterocycles. The predicted octanol–water partition coefficient (Wildman–Crippen LogP) is 4.10. The minimum absolute atomic E-state index is 0. The van der Waals surface area contributed by atoms with Crippen LogP contribution in [-0.2, 0) is 19.3 Å². The van der Waals surface area contributed by atoms with Crippen LogP contribution in [0.25, 0.3) is 0 Å². The van der Waals surface area contributed by atoms with Gasteiger partial charge in [-0.2, -0.15) is 0 Å². The SMILES string of the molecule is CCc1cccc(CC)c1NC(N)=NCCc1ccc(C)nc1.I. The molecule has 24 heavy (non-hydrogen) atoms. The first kappa shape index (κ1) is 20.4. The molecule has 0 aliphatic rings. The van der Waals surface area contributed by atoms with Crippen LogP contribution < -0.4 is 11.1 Å². The number of nitrogens with one attached hydrogen (secondary N) is 1.